The summed E-state index contributed by atoms with van der Waals surface area (Å²) in [7, 11) is 0. The molecule has 0 aliphatic rings. The lowest BCUT2D eigenvalue weighted by molar-refractivity contribution is -0.384. The highest BCUT2D eigenvalue weighted by Crippen LogP contribution is 2.16. The Morgan fingerprint density at radius 3 is 2.42 bits per heavy atom. The zero-order chi connectivity index (χ0) is 8.97. The molecule has 61 valence electrons. The van der Waals surface area contributed by atoms with Gasteiger partial charge in [0.1, 0.15) is 0 Å². The van der Waals surface area contributed by atoms with Gasteiger partial charge in [0.25, 0.3) is 5.69 Å². The van der Waals surface area contributed by atoms with Crippen LogP contribution < -0.4 is 4.65 Å². The molecule has 0 aliphatic heterocycles. The first kappa shape index (κ1) is 8.87. The minimum Gasteiger partial charge on any atom is -0.548 e. The number of rotatable bonds is 3. The highest BCUT2D eigenvalue weighted by Gasteiger charge is 2.03. The fourth-order valence-electron chi connectivity index (χ4n) is 0.698. The molecule has 0 spiro atoms. The Morgan fingerprint density at radius 2 is 2.00 bits per heavy atom. The molecule has 1 radical (unpaired) electrons. The molecule has 0 amide bonds. The standard InChI is InChI=1S/C6H4BClNO3/c8-7-12-6-3-1-5(2-4-6)9(10)11/h1-4H. The molecule has 0 saturated heterocycles. The van der Waals surface area contributed by atoms with Gasteiger partial charge in [-0.3, -0.25) is 10.1 Å². The Hall–Kier alpha value is -1.23. The normalized spacial score (nSPS) is 9.08. The summed E-state index contributed by atoms with van der Waals surface area (Å²) in [6.45, 7) is 0.987. The van der Waals surface area contributed by atoms with Gasteiger partial charge in [-0.25, -0.2) is 0 Å². The summed E-state index contributed by atoms with van der Waals surface area (Å²) >= 11 is 5.16. The third-order valence-corrected chi connectivity index (χ3v) is 1.32. The molecule has 0 heterocycles. The summed E-state index contributed by atoms with van der Waals surface area (Å²) in [5.41, 5.74) is 0.0249. The minimum absolute atomic E-state index is 0.0249. The second-order valence-electron chi connectivity index (χ2n) is 1.96. The van der Waals surface area contributed by atoms with Gasteiger partial charge in [0.05, 0.1) is 10.7 Å². The molecule has 1 aromatic rings. The lowest BCUT2D eigenvalue weighted by Crippen LogP contribution is -1.93. The Morgan fingerprint density at radius 1 is 1.42 bits per heavy atom. The van der Waals surface area contributed by atoms with Crippen LogP contribution in [0.5, 0.6) is 5.75 Å². The van der Waals surface area contributed by atoms with Gasteiger partial charge in [0.15, 0.2) is 0 Å². The molecule has 0 unspecified atom stereocenters. The van der Waals surface area contributed by atoms with E-state index < -0.39 is 4.92 Å². The summed E-state index contributed by atoms with van der Waals surface area (Å²) in [5, 5.41) is 10.2. The average Bonchev–Trinajstić information content (AvgIpc) is 2.06. The first-order valence-corrected chi connectivity index (χ1v) is 3.50. The topological polar surface area (TPSA) is 52.4 Å². The van der Waals surface area contributed by atoms with Gasteiger partial charge in [-0.05, 0) is 12.1 Å². The van der Waals surface area contributed by atoms with E-state index in [0.717, 1.165) is 6.90 Å². The fourth-order valence-corrected chi connectivity index (χ4v) is 0.801. The van der Waals surface area contributed by atoms with Crippen molar-refractivity contribution in [1.82, 2.24) is 0 Å². The van der Waals surface area contributed by atoms with E-state index in [4.69, 9.17) is 16.1 Å². The van der Waals surface area contributed by atoms with Crippen molar-refractivity contribution in [2.24, 2.45) is 0 Å². The van der Waals surface area contributed by atoms with E-state index in [2.05, 4.69) is 0 Å². The number of nitro benzene ring substituents is 1. The van der Waals surface area contributed by atoms with Crippen molar-refractivity contribution in [2.75, 3.05) is 0 Å². The number of benzene rings is 1. The molecular formula is C6H4BClNO3. The predicted octanol–water partition coefficient (Wildman–Crippen LogP) is 1.75. The molecule has 0 fully saturated rings. The predicted molar refractivity (Wildman–Crippen MR) is 45.3 cm³/mol. The third-order valence-electron chi connectivity index (χ3n) is 1.23. The number of halogens is 1. The molecule has 0 atom stereocenters. The summed E-state index contributed by atoms with van der Waals surface area (Å²) in [6, 6.07) is 5.62. The van der Waals surface area contributed by atoms with Gasteiger partial charge in [0, 0.05) is 12.1 Å². The van der Waals surface area contributed by atoms with Crippen LogP contribution in [0.2, 0.25) is 0 Å². The lowest BCUT2D eigenvalue weighted by Gasteiger charge is -1.98. The van der Waals surface area contributed by atoms with Crippen LogP contribution in [0.1, 0.15) is 0 Å². The molecule has 0 aromatic heterocycles. The maximum atomic E-state index is 10.2. The van der Waals surface area contributed by atoms with Crippen LogP contribution in [0.25, 0.3) is 0 Å². The monoisotopic (exact) mass is 184 g/mol. The molecule has 12 heavy (non-hydrogen) atoms. The number of hydrogen-bond acceptors (Lipinski definition) is 3. The number of nitrogens with zero attached hydrogens (tertiary/aromatic N) is 1. The summed E-state index contributed by atoms with van der Waals surface area (Å²) in [4.78, 5) is 9.72. The van der Waals surface area contributed by atoms with Crippen molar-refractivity contribution in [3.8, 4) is 5.75 Å². The maximum Gasteiger partial charge on any atom is 0.494 e. The molecule has 4 nitrogen and oxygen atoms in total. The van der Waals surface area contributed by atoms with Crippen LogP contribution in [0, 0.1) is 10.1 Å². The zero-order valence-electron chi connectivity index (χ0n) is 5.94. The molecule has 6 heteroatoms. The van der Waals surface area contributed by atoms with E-state index in [1.807, 2.05) is 0 Å². The van der Waals surface area contributed by atoms with Crippen LogP contribution in [-0.4, -0.2) is 11.8 Å². The van der Waals surface area contributed by atoms with Crippen molar-refractivity contribution < 1.29 is 9.58 Å². The van der Waals surface area contributed by atoms with Crippen LogP contribution in [0.15, 0.2) is 24.3 Å². The van der Waals surface area contributed by atoms with E-state index in [1.54, 1.807) is 0 Å². The fraction of sp³-hybridized carbons (Fsp3) is 0. The first-order valence-electron chi connectivity index (χ1n) is 3.07. The smallest absolute Gasteiger partial charge is 0.494 e. The second kappa shape index (κ2) is 3.97. The van der Waals surface area contributed by atoms with Crippen molar-refractivity contribution >= 4 is 24.0 Å². The Bertz CT molecular complexity index is 277. The average molecular weight is 184 g/mol. The van der Waals surface area contributed by atoms with E-state index in [9.17, 15) is 10.1 Å². The van der Waals surface area contributed by atoms with Gasteiger partial charge >= 0.3 is 6.90 Å². The summed E-state index contributed by atoms with van der Waals surface area (Å²) < 4.78 is 4.76. The van der Waals surface area contributed by atoms with Crippen molar-refractivity contribution in [1.29, 1.82) is 0 Å². The maximum absolute atomic E-state index is 10.2. The first-order chi connectivity index (χ1) is 5.74. The zero-order valence-corrected chi connectivity index (χ0v) is 6.69. The highest BCUT2D eigenvalue weighted by molar-refractivity contribution is 6.90. The lowest BCUT2D eigenvalue weighted by atomic mass is 10.3. The molecule has 0 saturated carbocycles. The van der Waals surface area contributed by atoms with E-state index in [0.29, 0.717) is 5.75 Å². The van der Waals surface area contributed by atoms with Crippen molar-refractivity contribution in [3.05, 3.63) is 34.4 Å². The van der Waals surface area contributed by atoms with E-state index in [1.165, 1.54) is 24.3 Å². The Balaban J connectivity index is 2.78. The van der Waals surface area contributed by atoms with E-state index >= 15 is 0 Å². The van der Waals surface area contributed by atoms with Crippen molar-refractivity contribution in [3.63, 3.8) is 0 Å². The van der Waals surface area contributed by atoms with Crippen LogP contribution in [-0.2, 0) is 0 Å². The summed E-state index contributed by atoms with van der Waals surface area (Å²) in [6.07, 6.45) is 0. The number of hydrogen-bond donors (Lipinski definition) is 0. The molecule has 0 N–H and O–H groups in total. The Kier molecular flexibility index (Phi) is 2.93. The van der Waals surface area contributed by atoms with Gasteiger partial charge in [-0.15, -0.1) is 11.5 Å². The Labute approximate surface area is 74.4 Å². The minimum atomic E-state index is -0.478. The molecule has 1 aromatic carbocycles. The van der Waals surface area contributed by atoms with Gasteiger partial charge in [-0.1, -0.05) is 0 Å². The van der Waals surface area contributed by atoms with Crippen LogP contribution in [0.4, 0.5) is 5.69 Å². The molecule has 0 bridgehead atoms. The quantitative estimate of drug-likeness (QED) is 0.408. The largest absolute Gasteiger partial charge is 0.548 e. The SMILES string of the molecule is O=[N+]([O-])c1ccc(O[B]Cl)cc1. The highest BCUT2D eigenvalue weighted by atomic mass is 35.5. The molecular weight excluding hydrogens is 180 g/mol. The molecule has 1 rings (SSSR count). The van der Waals surface area contributed by atoms with Gasteiger partial charge in [-0.2, -0.15) is 0 Å². The van der Waals surface area contributed by atoms with Crippen molar-refractivity contribution in [2.45, 2.75) is 0 Å². The number of nitro groups is 1. The number of non-ortho nitro benzene ring substituents is 1. The van der Waals surface area contributed by atoms with Crippen LogP contribution >= 0.6 is 11.5 Å². The second-order valence-corrected chi connectivity index (χ2v) is 2.14. The van der Waals surface area contributed by atoms with Gasteiger partial charge in [0.2, 0.25) is 0 Å². The van der Waals surface area contributed by atoms with Crippen LogP contribution in [0.3, 0.4) is 0 Å². The summed E-state index contributed by atoms with van der Waals surface area (Å²) in [5.74, 6) is 0.468. The third kappa shape index (κ3) is 2.13. The van der Waals surface area contributed by atoms with Gasteiger partial charge < -0.3 is 4.65 Å². The van der Waals surface area contributed by atoms with E-state index in [-0.39, 0.29) is 5.69 Å². The molecule has 0 aliphatic carbocycles.